The Balaban J connectivity index is 2.59. The fourth-order valence-corrected chi connectivity index (χ4v) is 2.22. The summed E-state index contributed by atoms with van der Waals surface area (Å²) in [4.78, 5) is 22.8. The number of carboxylic acid groups (broad SMARTS) is 1. The molecule has 0 bridgehead atoms. The van der Waals surface area contributed by atoms with E-state index in [2.05, 4.69) is 11.9 Å². The Morgan fingerprint density at radius 3 is 2.44 bits per heavy atom. The van der Waals surface area contributed by atoms with Crippen LogP contribution in [0.3, 0.4) is 0 Å². The highest BCUT2D eigenvalue weighted by Crippen LogP contribution is 2.36. The van der Waals surface area contributed by atoms with E-state index in [-0.39, 0.29) is 11.8 Å². The van der Waals surface area contributed by atoms with Gasteiger partial charge in [-0.1, -0.05) is 19.1 Å². The SMILES string of the molecule is C=C(C)CNC(=O)[C@H]1CC(C)C[C@H]1C(=O)O. The fraction of sp³-hybridized carbons (Fsp3) is 0.667. The Morgan fingerprint density at radius 1 is 1.38 bits per heavy atom. The molecule has 2 N–H and O–H groups in total. The third kappa shape index (κ3) is 3.08. The maximum atomic E-state index is 11.8. The van der Waals surface area contributed by atoms with Crippen molar-refractivity contribution >= 4 is 11.9 Å². The molecule has 1 unspecified atom stereocenters. The molecular formula is C12H19NO3. The molecule has 4 nitrogen and oxygen atoms in total. The van der Waals surface area contributed by atoms with Crippen LogP contribution in [0.5, 0.6) is 0 Å². The summed E-state index contributed by atoms with van der Waals surface area (Å²) in [6.45, 7) is 7.93. The third-order valence-electron chi connectivity index (χ3n) is 3.02. The van der Waals surface area contributed by atoms with Crippen LogP contribution in [0.2, 0.25) is 0 Å². The maximum absolute atomic E-state index is 11.8. The van der Waals surface area contributed by atoms with Crippen molar-refractivity contribution in [3.8, 4) is 0 Å². The van der Waals surface area contributed by atoms with Gasteiger partial charge in [0.25, 0.3) is 0 Å². The second-order valence-corrected chi connectivity index (χ2v) is 4.80. The number of hydrogen-bond acceptors (Lipinski definition) is 2. The Labute approximate surface area is 95.7 Å². The Morgan fingerprint density at radius 2 is 1.94 bits per heavy atom. The molecule has 1 aliphatic carbocycles. The lowest BCUT2D eigenvalue weighted by molar-refractivity contribution is -0.146. The van der Waals surface area contributed by atoms with E-state index in [1.165, 1.54) is 0 Å². The van der Waals surface area contributed by atoms with Crippen molar-refractivity contribution in [2.45, 2.75) is 26.7 Å². The van der Waals surface area contributed by atoms with Crippen LogP contribution >= 0.6 is 0 Å². The third-order valence-corrected chi connectivity index (χ3v) is 3.02. The first-order valence-electron chi connectivity index (χ1n) is 5.56. The lowest BCUT2D eigenvalue weighted by Gasteiger charge is -2.15. The van der Waals surface area contributed by atoms with Crippen LogP contribution in [-0.2, 0) is 9.59 Å². The molecule has 1 rings (SSSR count). The minimum Gasteiger partial charge on any atom is -0.481 e. The van der Waals surface area contributed by atoms with Crippen LogP contribution in [0.1, 0.15) is 26.7 Å². The summed E-state index contributed by atoms with van der Waals surface area (Å²) in [6.07, 6.45) is 1.26. The number of carboxylic acids is 1. The number of carbonyl (C=O) groups is 2. The lowest BCUT2D eigenvalue weighted by atomic mass is 9.95. The number of hydrogen-bond donors (Lipinski definition) is 2. The highest BCUT2D eigenvalue weighted by Gasteiger charge is 2.40. The minimum atomic E-state index is -0.861. The number of amides is 1. The average Bonchev–Trinajstić information content (AvgIpc) is 2.56. The van der Waals surface area contributed by atoms with Gasteiger partial charge < -0.3 is 10.4 Å². The van der Waals surface area contributed by atoms with Gasteiger partial charge in [0.2, 0.25) is 5.91 Å². The Bertz CT molecular complexity index is 311. The van der Waals surface area contributed by atoms with Gasteiger partial charge in [-0.2, -0.15) is 0 Å². The van der Waals surface area contributed by atoms with Gasteiger partial charge in [0.05, 0.1) is 11.8 Å². The van der Waals surface area contributed by atoms with E-state index in [1.807, 2.05) is 13.8 Å². The summed E-state index contributed by atoms with van der Waals surface area (Å²) in [5, 5.41) is 11.8. The molecule has 1 amide bonds. The van der Waals surface area contributed by atoms with Crippen LogP contribution in [0.4, 0.5) is 0 Å². The second-order valence-electron chi connectivity index (χ2n) is 4.80. The van der Waals surface area contributed by atoms with E-state index in [0.717, 1.165) is 5.57 Å². The highest BCUT2D eigenvalue weighted by molar-refractivity contribution is 5.85. The predicted molar refractivity (Wildman–Crippen MR) is 60.8 cm³/mol. The molecule has 1 aliphatic rings. The van der Waals surface area contributed by atoms with Crippen molar-refractivity contribution in [3.63, 3.8) is 0 Å². The van der Waals surface area contributed by atoms with E-state index < -0.39 is 11.9 Å². The lowest BCUT2D eigenvalue weighted by Crippen LogP contribution is -2.35. The molecule has 16 heavy (non-hydrogen) atoms. The molecule has 0 heterocycles. The second kappa shape index (κ2) is 5.14. The predicted octanol–water partition coefficient (Wildman–Crippen LogP) is 1.43. The first-order valence-corrected chi connectivity index (χ1v) is 5.56. The van der Waals surface area contributed by atoms with Crippen molar-refractivity contribution in [3.05, 3.63) is 12.2 Å². The van der Waals surface area contributed by atoms with Crippen molar-refractivity contribution in [1.82, 2.24) is 5.32 Å². The topological polar surface area (TPSA) is 66.4 Å². The minimum absolute atomic E-state index is 0.153. The van der Waals surface area contributed by atoms with E-state index in [4.69, 9.17) is 5.11 Å². The zero-order valence-electron chi connectivity index (χ0n) is 9.82. The number of aliphatic carboxylic acids is 1. The molecule has 4 heteroatoms. The molecule has 90 valence electrons. The summed E-state index contributed by atoms with van der Waals surface area (Å²) in [5.41, 5.74) is 0.867. The van der Waals surface area contributed by atoms with Crippen LogP contribution in [0.25, 0.3) is 0 Å². The van der Waals surface area contributed by atoms with Crippen LogP contribution in [0, 0.1) is 17.8 Å². The maximum Gasteiger partial charge on any atom is 0.307 e. The number of nitrogens with one attached hydrogen (secondary N) is 1. The van der Waals surface area contributed by atoms with E-state index in [0.29, 0.717) is 25.3 Å². The Kier molecular flexibility index (Phi) is 4.10. The highest BCUT2D eigenvalue weighted by atomic mass is 16.4. The van der Waals surface area contributed by atoms with E-state index >= 15 is 0 Å². The van der Waals surface area contributed by atoms with Gasteiger partial charge in [0.1, 0.15) is 0 Å². The van der Waals surface area contributed by atoms with Gasteiger partial charge in [-0.05, 0) is 25.7 Å². The molecule has 0 aromatic rings. The number of carbonyl (C=O) groups excluding carboxylic acids is 1. The average molecular weight is 225 g/mol. The van der Waals surface area contributed by atoms with Gasteiger partial charge in [-0.15, -0.1) is 0 Å². The summed E-state index contributed by atoms with van der Waals surface area (Å²) >= 11 is 0. The van der Waals surface area contributed by atoms with Gasteiger partial charge in [0, 0.05) is 6.54 Å². The zero-order valence-corrected chi connectivity index (χ0v) is 9.82. The smallest absolute Gasteiger partial charge is 0.307 e. The molecular weight excluding hydrogens is 206 g/mol. The number of rotatable bonds is 4. The first-order chi connectivity index (χ1) is 7.41. The fourth-order valence-electron chi connectivity index (χ4n) is 2.22. The summed E-state index contributed by atoms with van der Waals surface area (Å²) < 4.78 is 0. The molecule has 1 saturated carbocycles. The summed E-state index contributed by atoms with van der Waals surface area (Å²) in [7, 11) is 0. The van der Waals surface area contributed by atoms with Crippen LogP contribution in [0.15, 0.2) is 12.2 Å². The summed E-state index contributed by atoms with van der Waals surface area (Å²) in [6, 6.07) is 0. The van der Waals surface area contributed by atoms with Gasteiger partial charge in [0.15, 0.2) is 0 Å². The summed E-state index contributed by atoms with van der Waals surface area (Å²) in [5.74, 6) is -1.62. The van der Waals surface area contributed by atoms with Crippen molar-refractivity contribution < 1.29 is 14.7 Å². The zero-order chi connectivity index (χ0) is 12.3. The van der Waals surface area contributed by atoms with Gasteiger partial charge >= 0.3 is 5.97 Å². The molecule has 0 aromatic carbocycles. The molecule has 0 spiro atoms. The van der Waals surface area contributed by atoms with Gasteiger partial charge in [-0.25, -0.2) is 0 Å². The molecule has 3 atom stereocenters. The van der Waals surface area contributed by atoms with E-state index in [9.17, 15) is 9.59 Å². The quantitative estimate of drug-likeness (QED) is 0.711. The normalized spacial score (nSPS) is 28.8. The van der Waals surface area contributed by atoms with Crippen LogP contribution in [-0.4, -0.2) is 23.5 Å². The van der Waals surface area contributed by atoms with Crippen molar-refractivity contribution in [2.75, 3.05) is 6.54 Å². The largest absolute Gasteiger partial charge is 0.481 e. The first kappa shape index (κ1) is 12.7. The molecule has 1 fully saturated rings. The van der Waals surface area contributed by atoms with E-state index in [1.54, 1.807) is 0 Å². The molecule has 0 aromatic heterocycles. The van der Waals surface area contributed by atoms with Crippen molar-refractivity contribution in [1.29, 1.82) is 0 Å². The molecule has 0 saturated heterocycles. The molecule has 0 aliphatic heterocycles. The monoisotopic (exact) mass is 225 g/mol. The van der Waals surface area contributed by atoms with Gasteiger partial charge in [-0.3, -0.25) is 9.59 Å². The Hall–Kier alpha value is -1.32. The van der Waals surface area contributed by atoms with Crippen LogP contribution < -0.4 is 5.32 Å². The standard InChI is InChI=1S/C12H19NO3/c1-7(2)6-13-11(14)9-4-8(3)5-10(9)12(15)16/h8-10H,1,4-6H2,2-3H3,(H,13,14)(H,15,16)/t8?,9-,10+/m0/s1. The van der Waals surface area contributed by atoms with Crippen molar-refractivity contribution in [2.24, 2.45) is 17.8 Å². The molecule has 0 radical (unpaired) electrons.